The number of amides is 1. The highest BCUT2D eigenvalue weighted by Gasteiger charge is 2.26. The van der Waals surface area contributed by atoms with Crippen LogP contribution in [0.1, 0.15) is 31.4 Å². The van der Waals surface area contributed by atoms with Crippen LogP contribution in [-0.4, -0.2) is 59.4 Å². The van der Waals surface area contributed by atoms with E-state index in [4.69, 9.17) is 4.74 Å². The molecule has 0 aromatic heterocycles. The second-order valence-corrected chi connectivity index (χ2v) is 12.0. The molecular formula is C23H31N3O6S2. The van der Waals surface area contributed by atoms with Crippen molar-refractivity contribution in [3.8, 4) is 0 Å². The molecule has 2 N–H and O–H groups in total. The Hall–Kier alpha value is -2.31. The van der Waals surface area contributed by atoms with Gasteiger partial charge in [0.05, 0.1) is 23.0 Å². The minimum Gasteiger partial charge on any atom is -0.379 e. The first-order valence-electron chi connectivity index (χ1n) is 11.1. The van der Waals surface area contributed by atoms with E-state index in [0.717, 1.165) is 11.1 Å². The monoisotopic (exact) mass is 509 g/mol. The van der Waals surface area contributed by atoms with Gasteiger partial charge < -0.3 is 10.1 Å². The molecule has 11 heteroatoms. The molecule has 0 radical (unpaired) electrons. The van der Waals surface area contributed by atoms with Gasteiger partial charge in [0.25, 0.3) is 0 Å². The lowest BCUT2D eigenvalue weighted by Crippen LogP contribution is -2.40. The molecule has 0 atom stereocenters. The average Bonchev–Trinajstić information content (AvgIpc) is 2.81. The zero-order valence-electron chi connectivity index (χ0n) is 19.4. The number of carbonyl (C=O) groups is 1. The van der Waals surface area contributed by atoms with Crippen molar-refractivity contribution in [2.75, 3.05) is 26.3 Å². The summed E-state index contributed by atoms with van der Waals surface area (Å²) in [7, 11) is -7.08. The Morgan fingerprint density at radius 3 is 2.06 bits per heavy atom. The lowest BCUT2D eigenvalue weighted by Gasteiger charge is -2.26. The first-order valence-corrected chi connectivity index (χ1v) is 14.0. The van der Waals surface area contributed by atoms with Crippen molar-refractivity contribution in [2.24, 2.45) is 0 Å². The van der Waals surface area contributed by atoms with Crippen LogP contribution in [0.15, 0.2) is 58.3 Å². The number of nitrogens with zero attached hydrogens (tertiary/aromatic N) is 1. The number of carbonyl (C=O) groups excluding carboxylic acids is 1. The van der Waals surface area contributed by atoms with E-state index in [1.807, 2.05) is 0 Å². The van der Waals surface area contributed by atoms with Crippen molar-refractivity contribution >= 4 is 26.0 Å². The average molecular weight is 510 g/mol. The topological polar surface area (TPSA) is 122 Å². The lowest BCUT2D eigenvalue weighted by molar-refractivity contribution is -0.121. The molecule has 2 aromatic rings. The summed E-state index contributed by atoms with van der Waals surface area (Å²) in [4.78, 5) is 12.6. The van der Waals surface area contributed by atoms with Gasteiger partial charge in [-0.25, -0.2) is 21.6 Å². The summed E-state index contributed by atoms with van der Waals surface area (Å²) >= 11 is 0. The van der Waals surface area contributed by atoms with Crippen LogP contribution >= 0.6 is 0 Å². The Kier molecular flexibility index (Phi) is 8.83. The first-order chi connectivity index (χ1) is 16.1. The number of benzene rings is 2. The molecule has 0 spiro atoms. The van der Waals surface area contributed by atoms with Crippen LogP contribution in [0.4, 0.5) is 0 Å². The zero-order chi connectivity index (χ0) is 24.8. The highest BCUT2D eigenvalue weighted by Crippen LogP contribution is 2.18. The molecule has 0 unspecified atom stereocenters. The Balaban J connectivity index is 1.48. The predicted octanol–water partition coefficient (Wildman–Crippen LogP) is 1.64. The third-order valence-electron chi connectivity index (χ3n) is 5.29. The Bertz CT molecular complexity index is 1170. The summed E-state index contributed by atoms with van der Waals surface area (Å²) < 4.78 is 58.9. The minimum atomic E-state index is -3.54. The Morgan fingerprint density at radius 2 is 1.47 bits per heavy atom. The van der Waals surface area contributed by atoms with Gasteiger partial charge in [0, 0.05) is 32.1 Å². The van der Waals surface area contributed by atoms with Crippen LogP contribution < -0.4 is 10.0 Å². The maximum Gasteiger partial charge on any atom is 0.243 e. The van der Waals surface area contributed by atoms with Crippen molar-refractivity contribution in [3.63, 3.8) is 0 Å². The van der Waals surface area contributed by atoms with Gasteiger partial charge in [-0.05, 0) is 55.7 Å². The van der Waals surface area contributed by atoms with Gasteiger partial charge in [-0.15, -0.1) is 0 Å². The molecule has 1 aliphatic heterocycles. The number of morpholine rings is 1. The molecule has 9 nitrogen and oxygen atoms in total. The number of sulfonamides is 2. The van der Waals surface area contributed by atoms with Crippen LogP contribution in [0.3, 0.4) is 0 Å². The van der Waals surface area contributed by atoms with Gasteiger partial charge >= 0.3 is 0 Å². The zero-order valence-corrected chi connectivity index (χ0v) is 21.0. The molecule has 1 saturated heterocycles. The van der Waals surface area contributed by atoms with Crippen molar-refractivity contribution in [2.45, 2.75) is 49.1 Å². The maximum absolute atomic E-state index is 12.7. The number of hydrogen-bond donors (Lipinski definition) is 2. The van der Waals surface area contributed by atoms with Crippen LogP contribution in [0.2, 0.25) is 0 Å². The summed E-state index contributed by atoms with van der Waals surface area (Å²) in [6.07, 6.45) is 0.723. The molecule has 0 aliphatic carbocycles. The fourth-order valence-corrected chi connectivity index (χ4v) is 6.13. The summed E-state index contributed by atoms with van der Waals surface area (Å²) in [6.45, 7) is 5.26. The molecule has 0 saturated carbocycles. The predicted molar refractivity (Wildman–Crippen MR) is 128 cm³/mol. The third kappa shape index (κ3) is 7.09. The normalized spacial score (nSPS) is 15.4. The van der Waals surface area contributed by atoms with E-state index in [2.05, 4.69) is 10.0 Å². The van der Waals surface area contributed by atoms with E-state index in [1.165, 1.54) is 16.4 Å². The number of rotatable bonds is 10. The second-order valence-electron chi connectivity index (χ2n) is 8.36. The van der Waals surface area contributed by atoms with Crippen molar-refractivity contribution in [1.82, 2.24) is 14.3 Å². The molecule has 1 heterocycles. The quantitative estimate of drug-likeness (QED) is 0.502. The smallest absolute Gasteiger partial charge is 0.243 e. The van der Waals surface area contributed by atoms with Crippen molar-refractivity contribution in [3.05, 3.63) is 59.7 Å². The molecule has 1 fully saturated rings. The number of nitrogens with one attached hydrogen (secondary N) is 2. The van der Waals surface area contributed by atoms with Crippen LogP contribution in [0, 0.1) is 0 Å². The summed E-state index contributed by atoms with van der Waals surface area (Å²) in [5.41, 5.74) is 1.65. The molecule has 0 bridgehead atoms. The number of aryl methyl sites for hydroxylation is 1. The van der Waals surface area contributed by atoms with Gasteiger partial charge in [0.1, 0.15) is 0 Å². The fourth-order valence-electron chi connectivity index (χ4n) is 3.48. The van der Waals surface area contributed by atoms with Crippen LogP contribution in [0.25, 0.3) is 0 Å². The first kappa shape index (κ1) is 26.3. The van der Waals surface area contributed by atoms with E-state index >= 15 is 0 Å². The summed E-state index contributed by atoms with van der Waals surface area (Å²) in [5, 5.41) is 2.83. The Morgan fingerprint density at radius 1 is 0.912 bits per heavy atom. The number of hydrogen-bond acceptors (Lipinski definition) is 6. The van der Waals surface area contributed by atoms with E-state index in [0.29, 0.717) is 32.7 Å². The molecule has 1 aliphatic rings. The van der Waals surface area contributed by atoms with Gasteiger partial charge in [-0.2, -0.15) is 4.31 Å². The second kappa shape index (κ2) is 11.4. The molecular weight excluding hydrogens is 478 g/mol. The van der Waals surface area contributed by atoms with Crippen molar-refractivity contribution < 1.29 is 26.4 Å². The third-order valence-corrected chi connectivity index (χ3v) is 8.87. The van der Waals surface area contributed by atoms with E-state index in [9.17, 15) is 21.6 Å². The van der Waals surface area contributed by atoms with Crippen LogP contribution in [0.5, 0.6) is 0 Å². The number of ether oxygens (including phenoxy) is 1. The Labute approximate surface area is 201 Å². The molecule has 34 heavy (non-hydrogen) atoms. The molecule has 1 amide bonds. The standard InChI is InChI=1S/C23H31N3O6S2/c1-18(2)25-33(28,29)21-8-3-19(4-9-21)7-12-23(27)24-17-20-5-10-22(11-6-20)34(30,31)26-13-15-32-16-14-26/h3-6,8-11,18,25H,7,12-17H2,1-2H3,(H,24,27). The SMILES string of the molecule is CC(C)NS(=O)(=O)c1ccc(CCC(=O)NCc2ccc(S(=O)(=O)N3CCOCC3)cc2)cc1. The lowest BCUT2D eigenvalue weighted by atomic mass is 10.1. The molecule has 3 rings (SSSR count). The van der Waals surface area contributed by atoms with E-state index in [1.54, 1.807) is 50.2 Å². The largest absolute Gasteiger partial charge is 0.379 e. The van der Waals surface area contributed by atoms with E-state index < -0.39 is 20.0 Å². The minimum absolute atomic E-state index is 0.150. The highest BCUT2D eigenvalue weighted by molar-refractivity contribution is 7.89. The van der Waals surface area contributed by atoms with Gasteiger partial charge in [0.15, 0.2) is 0 Å². The van der Waals surface area contributed by atoms with Crippen LogP contribution in [-0.2, 0) is 42.5 Å². The molecule has 186 valence electrons. The maximum atomic E-state index is 12.7. The van der Waals surface area contributed by atoms with Gasteiger partial charge in [0.2, 0.25) is 26.0 Å². The summed E-state index contributed by atoms with van der Waals surface area (Å²) in [5.74, 6) is -0.150. The summed E-state index contributed by atoms with van der Waals surface area (Å²) in [6, 6.07) is 12.8. The van der Waals surface area contributed by atoms with Gasteiger partial charge in [-0.3, -0.25) is 4.79 Å². The van der Waals surface area contributed by atoms with E-state index in [-0.39, 0.29) is 34.7 Å². The fraction of sp³-hybridized carbons (Fsp3) is 0.435. The van der Waals surface area contributed by atoms with Gasteiger partial charge in [-0.1, -0.05) is 24.3 Å². The van der Waals surface area contributed by atoms with Crippen molar-refractivity contribution in [1.29, 1.82) is 0 Å². The molecule has 2 aromatic carbocycles. The highest BCUT2D eigenvalue weighted by atomic mass is 32.2.